The molecule has 56 valence electrons. The Hall–Kier alpha value is -0.380. The van der Waals surface area contributed by atoms with E-state index < -0.39 is 0 Å². The third-order valence-electron chi connectivity index (χ3n) is 1.45. The van der Waals surface area contributed by atoms with Crippen LogP contribution in [0.15, 0.2) is 16.8 Å². The summed E-state index contributed by atoms with van der Waals surface area (Å²) in [6.45, 7) is 0.664. The van der Waals surface area contributed by atoms with Gasteiger partial charge in [-0.1, -0.05) is 0 Å². The van der Waals surface area contributed by atoms with E-state index in [1.165, 1.54) is 5.56 Å². The van der Waals surface area contributed by atoms with Crippen LogP contribution < -0.4 is 11.5 Å². The van der Waals surface area contributed by atoms with Crippen LogP contribution in [0, 0.1) is 0 Å². The molecule has 0 bridgehead atoms. The highest BCUT2D eigenvalue weighted by molar-refractivity contribution is 7.07. The van der Waals surface area contributed by atoms with Crippen LogP contribution in [0.1, 0.15) is 18.0 Å². The fraction of sp³-hybridized carbons (Fsp3) is 0.429. The molecule has 1 heterocycles. The van der Waals surface area contributed by atoms with Gasteiger partial charge in [0.05, 0.1) is 0 Å². The van der Waals surface area contributed by atoms with Gasteiger partial charge in [0.25, 0.3) is 0 Å². The molecule has 0 aliphatic carbocycles. The summed E-state index contributed by atoms with van der Waals surface area (Å²) in [5.74, 6) is 0. The monoisotopic (exact) mass is 156 g/mol. The highest BCUT2D eigenvalue weighted by atomic mass is 32.1. The average molecular weight is 156 g/mol. The molecule has 3 heteroatoms. The summed E-state index contributed by atoms with van der Waals surface area (Å²) in [4.78, 5) is 0. The lowest BCUT2D eigenvalue weighted by atomic mass is 10.1. The molecule has 1 rings (SSSR count). The molecule has 0 fully saturated rings. The van der Waals surface area contributed by atoms with Crippen molar-refractivity contribution in [3.8, 4) is 0 Å². The maximum atomic E-state index is 5.78. The van der Waals surface area contributed by atoms with Gasteiger partial charge in [0.1, 0.15) is 0 Å². The molecule has 0 saturated carbocycles. The van der Waals surface area contributed by atoms with Crippen molar-refractivity contribution in [3.05, 3.63) is 22.4 Å². The van der Waals surface area contributed by atoms with Crippen molar-refractivity contribution in [1.29, 1.82) is 0 Å². The summed E-state index contributed by atoms with van der Waals surface area (Å²) in [5, 5.41) is 4.10. The second kappa shape index (κ2) is 3.71. The first kappa shape index (κ1) is 7.72. The Kier molecular flexibility index (Phi) is 2.86. The van der Waals surface area contributed by atoms with Crippen LogP contribution in [0.2, 0.25) is 0 Å². The molecule has 0 saturated heterocycles. The molecule has 10 heavy (non-hydrogen) atoms. The van der Waals surface area contributed by atoms with Crippen LogP contribution in [0.4, 0.5) is 0 Å². The first-order valence-corrected chi connectivity index (χ1v) is 4.26. The van der Waals surface area contributed by atoms with Crippen LogP contribution in [0.3, 0.4) is 0 Å². The normalized spacial score (nSPS) is 13.4. The van der Waals surface area contributed by atoms with Crippen molar-refractivity contribution in [1.82, 2.24) is 0 Å². The quantitative estimate of drug-likeness (QED) is 0.688. The van der Waals surface area contributed by atoms with Gasteiger partial charge in [-0.15, -0.1) is 0 Å². The van der Waals surface area contributed by atoms with E-state index in [2.05, 4.69) is 5.38 Å². The number of hydrogen-bond acceptors (Lipinski definition) is 3. The van der Waals surface area contributed by atoms with E-state index in [1.807, 2.05) is 11.4 Å². The summed E-state index contributed by atoms with van der Waals surface area (Å²) in [7, 11) is 0. The van der Waals surface area contributed by atoms with Crippen molar-refractivity contribution in [2.45, 2.75) is 12.5 Å². The van der Waals surface area contributed by atoms with Crippen LogP contribution in [0.25, 0.3) is 0 Å². The minimum atomic E-state index is 0.135. The first-order valence-electron chi connectivity index (χ1n) is 3.32. The maximum Gasteiger partial charge on any atom is 0.0315 e. The van der Waals surface area contributed by atoms with E-state index in [1.54, 1.807) is 11.3 Å². The molecule has 1 atom stereocenters. The second-order valence-electron chi connectivity index (χ2n) is 2.24. The van der Waals surface area contributed by atoms with E-state index in [0.717, 1.165) is 6.42 Å². The SMILES string of the molecule is NCCC(N)c1ccsc1. The molecule has 2 nitrogen and oxygen atoms in total. The van der Waals surface area contributed by atoms with Gasteiger partial charge in [0.15, 0.2) is 0 Å². The summed E-state index contributed by atoms with van der Waals surface area (Å²) >= 11 is 1.67. The predicted octanol–water partition coefficient (Wildman–Crippen LogP) is 1.10. The summed E-state index contributed by atoms with van der Waals surface area (Å²) in [5.41, 5.74) is 12.3. The molecule has 4 N–H and O–H groups in total. The van der Waals surface area contributed by atoms with Crippen molar-refractivity contribution in [3.63, 3.8) is 0 Å². The van der Waals surface area contributed by atoms with Crippen molar-refractivity contribution < 1.29 is 0 Å². The summed E-state index contributed by atoms with van der Waals surface area (Å²) in [6.07, 6.45) is 0.872. The van der Waals surface area contributed by atoms with Gasteiger partial charge in [-0.2, -0.15) is 11.3 Å². The fourth-order valence-corrected chi connectivity index (χ4v) is 1.56. The van der Waals surface area contributed by atoms with E-state index in [0.29, 0.717) is 6.54 Å². The number of thiophene rings is 1. The average Bonchev–Trinajstić information content (AvgIpc) is 2.38. The number of rotatable bonds is 3. The molecule has 1 aromatic rings. The molecule has 0 spiro atoms. The van der Waals surface area contributed by atoms with Crippen LogP contribution in [0.5, 0.6) is 0 Å². The first-order chi connectivity index (χ1) is 4.84. The number of nitrogens with two attached hydrogens (primary N) is 2. The lowest BCUT2D eigenvalue weighted by Crippen LogP contribution is -2.14. The van der Waals surface area contributed by atoms with Gasteiger partial charge in [-0.05, 0) is 35.4 Å². The third kappa shape index (κ3) is 1.80. The number of hydrogen-bond donors (Lipinski definition) is 2. The lowest BCUT2D eigenvalue weighted by molar-refractivity contribution is 0.663. The smallest absolute Gasteiger partial charge is 0.0315 e. The Labute approximate surface area is 64.8 Å². The fourth-order valence-electron chi connectivity index (χ4n) is 0.832. The summed E-state index contributed by atoms with van der Waals surface area (Å²) in [6, 6.07) is 2.18. The van der Waals surface area contributed by atoms with Gasteiger partial charge in [0, 0.05) is 6.04 Å². The molecular formula is C7H12N2S. The van der Waals surface area contributed by atoms with Gasteiger partial charge in [0.2, 0.25) is 0 Å². The van der Waals surface area contributed by atoms with Crippen molar-refractivity contribution in [2.24, 2.45) is 11.5 Å². The Balaban J connectivity index is 2.50. The largest absolute Gasteiger partial charge is 0.330 e. The highest BCUT2D eigenvalue weighted by Gasteiger charge is 2.03. The molecular weight excluding hydrogens is 144 g/mol. The Morgan fingerprint density at radius 3 is 2.90 bits per heavy atom. The van der Waals surface area contributed by atoms with E-state index in [4.69, 9.17) is 11.5 Å². The van der Waals surface area contributed by atoms with Crippen molar-refractivity contribution in [2.75, 3.05) is 6.54 Å². The molecule has 0 radical (unpaired) electrons. The highest BCUT2D eigenvalue weighted by Crippen LogP contribution is 2.15. The lowest BCUT2D eigenvalue weighted by Gasteiger charge is -2.06. The minimum absolute atomic E-state index is 0.135. The molecule has 0 aromatic carbocycles. The van der Waals surface area contributed by atoms with Gasteiger partial charge in [-0.3, -0.25) is 0 Å². The Bertz CT molecular complexity index is 172. The van der Waals surface area contributed by atoms with Gasteiger partial charge < -0.3 is 11.5 Å². The Morgan fingerprint density at radius 2 is 2.40 bits per heavy atom. The van der Waals surface area contributed by atoms with E-state index >= 15 is 0 Å². The zero-order chi connectivity index (χ0) is 7.40. The van der Waals surface area contributed by atoms with E-state index in [9.17, 15) is 0 Å². The molecule has 1 unspecified atom stereocenters. The molecule has 1 aromatic heterocycles. The zero-order valence-corrected chi connectivity index (χ0v) is 6.60. The molecule has 0 aliphatic heterocycles. The third-order valence-corrected chi connectivity index (χ3v) is 2.15. The van der Waals surface area contributed by atoms with Gasteiger partial charge >= 0.3 is 0 Å². The summed E-state index contributed by atoms with van der Waals surface area (Å²) < 4.78 is 0. The molecule has 0 amide bonds. The zero-order valence-electron chi connectivity index (χ0n) is 5.79. The van der Waals surface area contributed by atoms with Crippen LogP contribution in [-0.2, 0) is 0 Å². The second-order valence-corrected chi connectivity index (χ2v) is 3.02. The molecule has 0 aliphatic rings. The van der Waals surface area contributed by atoms with Gasteiger partial charge in [-0.25, -0.2) is 0 Å². The van der Waals surface area contributed by atoms with Crippen molar-refractivity contribution >= 4 is 11.3 Å². The van der Waals surface area contributed by atoms with E-state index in [-0.39, 0.29) is 6.04 Å². The standard InChI is InChI=1S/C7H12N2S/c8-3-1-7(9)6-2-4-10-5-6/h2,4-5,7H,1,3,8-9H2. The minimum Gasteiger partial charge on any atom is -0.330 e. The maximum absolute atomic E-state index is 5.78. The predicted molar refractivity (Wildman–Crippen MR) is 44.9 cm³/mol. The Morgan fingerprint density at radius 1 is 1.60 bits per heavy atom. The van der Waals surface area contributed by atoms with Crippen LogP contribution in [-0.4, -0.2) is 6.54 Å². The topological polar surface area (TPSA) is 52.0 Å². The van der Waals surface area contributed by atoms with Crippen LogP contribution >= 0.6 is 11.3 Å².